The van der Waals surface area contributed by atoms with Crippen LogP contribution in [0.25, 0.3) is 10.1 Å². The van der Waals surface area contributed by atoms with Crippen LogP contribution in [-0.2, 0) is 0 Å². The summed E-state index contributed by atoms with van der Waals surface area (Å²) in [5, 5.41) is 0.860. The quantitative estimate of drug-likeness (QED) is 0.760. The molecule has 1 aliphatic rings. The molecule has 0 saturated carbocycles. The van der Waals surface area contributed by atoms with E-state index in [9.17, 15) is 9.18 Å². The number of aryl methyl sites for hydroxylation is 1. The van der Waals surface area contributed by atoms with Crippen molar-refractivity contribution in [2.45, 2.75) is 13.3 Å². The summed E-state index contributed by atoms with van der Waals surface area (Å²) in [6.07, 6.45) is 1.09. The van der Waals surface area contributed by atoms with Gasteiger partial charge in [-0.2, -0.15) is 0 Å². The lowest BCUT2D eigenvalue weighted by Crippen LogP contribution is -2.41. The molecule has 0 N–H and O–H groups in total. The topological polar surface area (TPSA) is 20.3 Å². The number of carbonyl (C=O) groups excluding carboxylic acids is 1. The van der Waals surface area contributed by atoms with E-state index in [1.54, 1.807) is 6.07 Å². The lowest BCUT2D eigenvalue weighted by Gasteiger charge is -2.30. The Morgan fingerprint density at radius 3 is 2.82 bits per heavy atom. The highest BCUT2D eigenvalue weighted by Gasteiger charge is 2.25. The molecule has 1 aromatic heterocycles. The maximum absolute atomic E-state index is 13.2. The molecule has 4 heteroatoms. The van der Waals surface area contributed by atoms with Gasteiger partial charge >= 0.3 is 0 Å². The van der Waals surface area contributed by atoms with E-state index in [0.29, 0.717) is 0 Å². The molecule has 0 radical (unpaired) electrons. The standard InChI is InChI=1S/C13H12FNOS/c1-8-10-7-9(14)3-4-11(10)17-12(8)13(16)15-5-2-6-15/h3-4,7H,2,5-6H2,1H3. The van der Waals surface area contributed by atoms with E-state index in [-0.39, 0.29) is 11.7 Å². The van der Waals surface area contributed by atoms with Gasteiger partial charge in [-0.3, -0.25) is 4.79 Å². The van der Waals surface area contributed by atoms with E-state index in [0.717, 1.165) is 40.0 Å². The van der Waals surface area contributed by atoms with Gasteiger partial charge in [-0.1, -0.05) is 0 Å². The molecule has 1 saturated heterocycles. The lowest BCUT2D eigenvalue weighted by atomic mass is 10.1. The van der Waals surface area contributed by atoms with Crippen LogP contribution < -0.4 is 0 Å². The van der Waals surface area contributed by atoms with Crippen molar-refractivity contribution in [1.82, 2.24) is 4.90 Å². The van der Waals surface area contributed by atoms with E-state index in [1.807, 2.05) is 11.8 Å². The molecule has 0 spiro atoms. The van der Waals surface area contributed by atoms with Crippen LogP contribution in [0.15, 0.2) is 18.2 Å². The van der Waals surface area contributed by atoms with Crippen molar-refractivity contribution in [3.8, 4) is 0 Å². The SMILES string of the molecule is Cc1c(C(=O)N2CCC2)sc2ccc(F)cc12. The second-order valence-electron chi connectivity index (χ2n) is 4.34. The Labute approximate surface area is 103 Å². The minimum absolute atomic E-state index is 0.0929. The molecule has 2 nitrogen and oxygen atoms in total. The van der Waals surface area contributed by atoms with Crippen molar-refractivity contribution in [2.75, 3.05) is 13.1 Å². The molecular formula is C13H12FNOS. The molecule has 3 rings (SSSR count). The van der Waals surface area contributed by atoms with Crippen LogP contribution in [0.1, 0.15) is 21.7 Å². The zero-order valence-corrected chi connectivity index (χ0v) is 10.3. The number of benzene rings is 1. The van der Waals surface area contributed by atoms with E-state index in [2.05, 4.69) is 0 Å². The number of nitrogens with zero attached hydrogens (tertiary/aromatic N) is 1. The summed E-state index contributed by atoms with van der Waals surface area (Å²) < 4.78 is 14.2. The molecule has 1 aliphatic heterocycles. The number of rotatable bonds is 1. The average molecular weight is 249 g/mol. The first-order valence-corrected chi connectivity index (χ1v) is 6.46. The van der Waals surface area contributed by atoms with Gasteiger partial charge in [-0.05, 0) is 42.5 Å². The van der Waals surface area contributed by atoms with Crippen molar-refractivity contribution >= 4 is 27.3 Å². The third kappa shape index (κ3) is 1.63. The van der Waals surface area contributed by atoms with Gasteiger partial charge < -0.3 is 4.90 Å². The smallest absolute Gasteiger partial charge is 0.264 e. The summed E-state index contributed by atoms with van der Waals surface area (Å²) >= 11 is 1.46. The highest BCUT2D eigenvalue weighted by molar-refractivity contribution is 7.21. The summed E-state index contributed by atoms with van der Waals surface area (Å²) in [5.74, 6) is -0.156. The molecule has 0 unspecified atom stereocenters. The van der Waals surface area contributed by atoms with Gasteiger partial charge in [0.1, 0.15) is 5.82 Å². The Bertz CT molecular complexity index is 601. The number of thiophene rings is 1. The van der Waals surface area contributed by atoms with Crippen molar-refractivity contribution in [3.63, 3.8) is 0 Å². The minimum atomic E-state index is -0.249. The Morgan fingerprint density at radius 1 is 1.41 bits per heavy atom. The number of halogens is 1. The maximum Gasteiger partial charge on any atom is 0.264 e. The zero-order chi connectivity index (χ0) is 12.0. The highest BCUT2D eigenvalue weighted by atomic mass is 32.1. The first kappa shape index (κ1) is 10.7. The largest absolute Gasteiger partial charge is 0.338 e. The molecule has 1 aromatic carbocycles. The summed E-state index contributed by atoms with van der Waals surface area (Å²) in [6.45, 7) is 3.59. The second-order valence-corrected chi connectivity index (χ2v) is 5.39. The Kier molecular flexibility index (Phi) is 2.40. The van der Waals surface area contributed by atoms with Crippen LogP contribution in [0.5, 0.6) is 0 Å². The molecule has 0 aliphatic carbocycles. The van der Waals surface area contributed by atoms with Crippen molar-refractivity contribution in [2.24, 2.45) is 0 Å². The normalized spacial score (nSPS) is 15.1. The van der Waals surface area contributed by atoms with Crippen LogP contribution in [-0.4, -0.2) is 23.9 Å². The fraction of sp³-hybridized carbons (Fsp3) is 0.308. The molecule has 88 valence electrons. The number of likely N-dealkylation sites (tertiary alicyclic amines) is 1. The molecule has 0 bridgehead atoms. The van der Waals surface area contributed by atoms with Gasteiger partial charge in [0.2, 0.25) is 0 Å². The van der Waals surface area contributed by atoms with Crippen LogP contribution in [0, 0.1) is 12.7 Å². The predicted molar refractivity (Wildman–Crippen MR) is 67.0 cm³/mol. The fourth-order valence-electron chi connectivity index (χ4n) is 2.06. The number of fused-ring (bicyclic) bond motifs is 1. The molecule has 17 heavy (non-hydrogen) atoms. The van der Waals surface area contributed by atoms with Crippen LogP contribution in [0.3, 0.4) is 0 Å². The van der Waals surface area contributed by atoms with Crippen molar-refractivity contribution < 1.29 is 9.18 Å². The summed E-state index contributed by atoms with van der Waals surface area (Å²) in [4.78, 5) is 14.7. The van der Waals surface area contributed by atoms with E-state index < -0.39 is 0 Å². The third-order valence-electron chi connectivity index (χ3n) is 3.24. The number of carbonyl (C=O) groups is 1. The van der Waals surface area contributed by atoms with Gasteiger partial charge in [0.15, 0.2) is 0 Å². The van der Waals surface area contributed by atoms with Gasteiger partial charge in [0.25, 0.3) is 5.91 Å². The van der Waals surface area contributed by atoms with Gasteiger partial charge in [0, 0.05) is 17.8 Å². The third-order valence-corrected chi connectivity index (χ3v) is 4.50. The first-order valence-electron chi connectivity index (χ1n) is 5.65. The van der Waals surface area contributed by atoms with E-state index in [1.165, 1.54) is 23.5 Å². The number of hydrogen-bond acceptors (Lipinski definition) is 2. The molecule has 0 atom stereocenters. The summed E-state index contributed by atoms with van der Waals surface area (Å²) in [5.41, 5.74) is 0.904. The van der Waals surface area contributed by atoms with Gasteiger partial charge in [-0.25, -0.2) is 4.39 Å². The van der Waals surface area contributed by atoms with Crippen LogP contribution >= 0.6 is 11.3 Å². The summed E-state index contributed by atoms with van der Waals surface area (Å²) in [7, 11) is 0. The number of amides is 1. The Hall–Kier alpha value is -1.42. The maximum atomic E-state index is 13.2. The minimum Gasteiger partial charge on any atom is -0.338 e. The van der Waals surface area contributed by atoms with Crippen LogP contribution in [0.4, 0.5) is 4.39 Å². The molecule has 1 amide bonds. The fourth-order valence-corrected chi connectivity index (χ4v) is 3.22. The highest BCUT2D eigenvalue weighted by Crippen LogP contribution is 2.32. The van der Waals surface area contributed by atoms with Crippen molar-refractivity contribution in [3.05, 3.63) is 34.5 Å². The Balaban J connectivity index is 2.10. The van der Waals surface area contributed by atoms with Crippen molar-refractivity contribution in [1.29, 1.82) is 0 Å². The Morgan fingerprint density at radius 2 is 2.18 bits per heavy atom. The molecular weight excluding hydrogens is 237 g/mol. The zero-order valence-electron chi connectivity index (χ0n) is 9.50. The van der Waals surface area contributed by atoms with Crippen LogP contribution in [0.2, 0.25) is 0 Å². The lowest BCUT2D eigenvalue weighted by molar-refractivity contribution is 0.0656. The number of hydrogen-bond donors (Lipinski definition) is 0. The predicted octanol–water partition coefficient (Wildman–Crippen LogP) is 3.19. The van der Waals surface area contributed by atoms with Gasteiger partial charge in [-0.15, -0.1) is 11.3 Å². The molecule has 2 aromatic rings. The summed E-state index contributed by atoms with van der Waals surface area (Å²) in [6, 6.07) is 4.69. The van der Waals surface area contributed by atoms with Gasteiger partial charge in [0.05, 0.1) is 4.88 Å². The first-order chi connectivity index (χ1) is 8.16. The monoisotopic (exact) mass is 249 g/mol. The molecule has 1 fully saturated rings. The average Bonchev–Trinajstić information content (AvgIpc) is 2.54. The molecule has 2 heterocycles. The van der Waals surface area contributed by atoms with E-state index >= 15 is 0 Å². The second kappa shape index (κ2) is 3.81. The van der Waals surface area contributed by atoms with E-state index in [4.69, 9.17) is 0 Å².